The molecule has 1 saturated heterocycles. The van der Waals surface area contributed by atoms with E-state index in [-0.39, 0.29) is 24.6 Å². The zero-order valence-electron chi connectivity index (χ0n) is 12.5. The third-order valence-corrected chi connectivity index (χ3v) is 4.59. The summed E-state index contributed by atoms with van der Waals surface area (Å²) in [6.07, 6.45) is 1.22. The van der Waals surface area contributed by atoms with Crippen molar-refractivity contribution in [1.29, 1.82) is 0 Å². The van der Waals surface area contributed by atoms with Crippen LogP contribution in [0, 0.1) is 18.8 Å². The van der Waals surface area contributed by atoms with E-state index in [4.69, 9.17) is 9.47 Å². The van der Waals surface area contributed by atoms with Gasteiger partial charge in [0, 0.05) is 0 Å². The maximum absolute atomic E-state index is 10.3. The van der Waals surface area contributed by atoms with E-state index in [0.717, 1.165) is 43.0 Å². The fraction of sp³-hybridized carbons (Fsp3) is 0.625. The first-order valence-electron chi connectivity index (χ1n) is 7.37. The van der Waals surface area contributed by atoms with Crippen LogP contribution in [0.4, 0.5) is 0 Å². The van der Waals surface area contributed by atoms with Crippen molar-refractivity contribution in [2.75, 3.05) is 20.2 Å². The number of aliphatic hydroxyl groups is 1. The van der Waals surface area contributed by atoms with Gasteiger partial charge in [0.1, 0.15) is 6.10 Å². The fourth-order valence-corrected chi connectivity index (χ4v) is 3.42. The Bertz CT molecular complexity index is 483. The van der Waals surface area contributed by atoms with Crippen LogP contribution in [0.25, 0.3) is 0 Å². The zero-order valence-corrected chi connectivity index (χ0v) is 13.4. The topological polar surface area (TPSA) is 50.7 Å². The minimum absolute atomic E-state index is 0. The molecular weight excluding hydrogens is 290 g/mol. The fourth-order valence-electron chi connectivity index (χ4n) is 3.42. The number of hydrogen-bond donors (Lipinski definition) is 2. The van der Waals surface area contributed by atoms with Crippen molar-refractivity contribution in [3.05, 3.63) is 23.8 Å². The number of fused-ring (bicyclic) bond motifs is 1. The molecule has 0 amide bonds. The number of rotatable bonds is 3. The molecule has 0 radical (unpaired) electrons. The summed E-state index contributed by atoms with van der Waals surface area (Å²) in [7, 11) is 1.65. The molecular formula is C16H24ClNO3. The summed E-state index contributed by atoms with van der Waals surface area (Å²) in [5.74, 6) is 2.69. The molecule has 2 N–H and O–H groups in total. The summed E-state index contributed by atoms with van der Waals surface area (Å²) >= 11 is 0. The van der Waals surface area contributed by atoms with Gasteiger partial charge in [-0.2, -0.15) is 0 Å². The van der Waals surface area contributed by atoms with Gasteiger partial charge in [-0.05, 0) is 62.4 Å². The van der Waals surface area contributed by atoms with Crippen LogP contribution in [0.2, 0.25) is 0 Å². The maximum atomic E-state index is 10.3. The lowest BCUT2D eigenvalue weighted by molar-refractivity contribution is -0.0240. The van der Waals surface area contributed by atoms with E-state index in [2.05, 4.69) is 5.32 Å². The van der Waals surface area contributed by atoms with Crippen LogP contribution in [-0.2, 0) is 0 Å². The smallest absolute Gasteiger partial charge is 0.161 e. The van der Waals surface area contributed by atoms with Gasteiger partial charge in [0.05, 0.1) is 13.2 Å². The number of benzene rings is 1. The van der Waals surface area contributed by atoms with Crippen molar-refractivity contribution in [3.63, 3.8) is 0 Å². The second-order valence-electron chi connectivity index (χ2n) is 6.03. The second-order valence-corrected chi connectivity index (χ2v) is 6.03. The van der Waals surface area contributed by atoms with Crippen LogP contribution in [0.5, 0.6) is 11.5 Å². The molecule has 0 spiro atoms. The molecule has 4 nitrogen and oxygen atoms in total. The largest absolute Gasteiger partial charge is 0.493 e. The third-order valence-electron chi connectivity index (χ3n) is 4.59. The summed E-state index contributed by atoms with van der Waals surface area (Å²) < 4.78 is 11.4. The Kier molecular flexibility index (Phi) is 5.36. The van der Waals surface area contributed by atoms with E-state index >= 15 is 0 Å². The number of aliphatic hydroxyl groups excluding tert-OH is 1. The minimum atomic E-state index is -0.387. The summed E-state index contributed by atoms with van der Waals surface area (Å²) in [6.45, 7) is 4.10. The van der Waals surface area contributed by atoms with Gasteiger partial charge in [-0.15, -0.1) is 12.4 Å². The van der Waals surface area contributed by atoms with Gasteiger partial charge in [0.2, 0.25) is 0 Å². The lowest BCUT2D eigenvalue weighted by atomic mass is 9.78. The molecule has 1 saturated carbocycles. The van der Waals surface area contributed by atoms with E-state index in [1.165, 1.54) is 0 Å². The van der Waals surface area contributed by atoms with Crippen LogP contribution in [0.15, 0.2) is 18.2 Å². The first-order chi connectivity index (χ1) is 9.67. The number of methoxy groups -OCH3 is 1. The Balaban J connectivity index is 0.00000161. The molecule has 5 heteroatoms. The quantitative estimate of drug-likeness (QED) is 0.898. The van der Waals surface area contributed by atoms with Gasteiger partial charge >= 0.3 is 0 Å². The first kappa shape index (κ1) is 16.4. The maximum Gasteiger partial charge on any atom is 0.161 e. The molecule has 0 unspecified atom stereocenters. The number of halogens is 1. The predicted molar refractivity (Wildman–Crippen MR) is 84.5 cm³/mol. The zero-order chi connectivity index (χ0) is 14.1. The average molecular weight is 314 g/mol. The normalized spacial score (nSPS) is 31.2. The number of aryl methyl sites for hydroxylation is 1. The highest BCUT2D eigenvalue weighted by molar-refractivity contribution is 5.85. The van der Waals surface area contributed by atoms with Gasteiger partial charge in [-0.3, -0.25) is 0 Å². The van der Waals surface area contributed by atoms with Gasteiger partial charge in [0.25, 0.3) is 0 Å². The number of nitrogens with one attached hydrogen (secondary N) is 1. The number of ether oxygens (including phenoxy) is 2. The molecule has 2 aliphatic rings. The highest BCUT2D eigenvalue weighted by atomic mass is 35.5. The average Bonchev–Trinajstić information content (AvgIpc) is 2.88. The molecule has 0 aromatic heterocycles. The van der Waals surface area contributed by atoms with E-state index in [0.29, 0.717) is 11.8 Å². The molecule has 118 valence electrons. The van der Waals surface area contributed by atoms with Crippen molar-refractivity contribution in [2.24, 2.45) is 11.8 Å². The molecule has 3 rings (SSSR count). The summed E-state index contributed by atoms with van der Waals surface area (Å²) in [6, 6.07) is 5.90. The van der Waals surface area contributed by atoms with E-state index in [1.54, 1.807) is 7.11 Å². The van der Waals surface area contributed by atoms with Crippen molar-refractivity contribution < 1.29 is 14.6 Å². The van der Waals surface area contributed by atoms with E-state index in [9.17, 15) is 5.11 Å². The van der Waals surface area contributed by atoms with Crippen molar-refractivity contribution in [2.45, 2.75) is 32.0 Å². The number of hydrogen-bond acceptors (Lipinski definition) is 4. The molecule has 1 aliphatic heterocycles. The summed E-state index contributed by atoms with van der Waals surface area (Å²) in [5, 5.41) is 13.7. The van der Waals surface area contributed by atoms with Crippen molar-refractivity contribution in [1.82, 2.24) is 5.32 Å². The lowest BCUT2D eigenvalue weighted by Crippen LogP contribution is -2.42. The monoisotopic (exact) mass is 313 g/mol. The molecule has 1 aromatic carbocycles. The van der Waals surface area contributed by atoms with Gasteiger partial charge in [-0.25, -0.2) is 0 Å². The second kappa shape index (κ2) is 6.86. The van der Waals surface area contributed by atoms with Crippen LogP contribution < -0.4 is 14.8 Å². The Labute approximate surface area is 132 Å². The molecule has 0 bridgehead atoms. The Morgan fingerprint density at radius 1 is 1.14 bits per heavy atom. The molecule has 1 aliphatic carbocycles. The molecule has 1 heterocycles. The standard InChI is InChI=1S/C16H23NO3.ClH/c1-10-3-4-14(16(5-10)19-2)20-15-7-12-9-17-8-11(12)6-13(15)18;/h3-5,11-13,15,17-18H,6-9H2,1-2H3;1H/t11-,12+,13+,15+;/m0./s1. The Morgan fingerprint density at radius 3 is 2.57 bits per heavy atom. The molecule has 1 aromatic rings. The SMILES string of the molecule is COc1cc(C)ccc1O[C@@H]1C[C@@H]2CNC[C@@H]2C[C@H]1O.Cl. The highest BCUT2D eigenvalue weighted by Crippen LogP contribution is 2.37. The van der Waals surface area contributed by atoms with E-state index in [1.807, 2.05) is 25.1 Å². The van der Waals surface area contributed by atoms with Crippen molar-refractivity contribution >= 4 is 12.4 Å². The van der Waals surface area contributed by atoms with Crippen LogP contribution in [0.1, 0.15) is 18.4 Å². The van der Waals surface area contributed by atoms with Crippen LogP contribution >= 0.6 is 12.4 Å². The van der Waals surface area contributed by atoms with Crippen molar-refractivity contribution in [3.8, 4) is 11.5 Å². The molecule has 4 atom stereocenters. The van der Waals surface area contributed by atoms with Gasteiger partial charge < -0.3 is 19.9 Å². The minimum Gasteiger partial charge on any atom is -0.493 e. The highest BCUT2D eigenvalue weighted by Gasteiger charge is 2.40. The Morgan fingerprint density at radius 2 is 1.86 bits per heavy atom. The summed E-state index contributed by atoms with van der Waals surface area (Å²) in [4.78, 5) is 0. The van der Waals surface area contributed by atoms with Crippen LogP contribution in [-0.4, -0.2) is 37.5 Å². The Hall–Kier alpha value is -0.970. The lowest BCUT2D eigenvalue weighted by Gasteiger charge is -2.35. The predicted octanol–water partition coefficient (Wildman–Crippen LogP) is 2.16. The van der Waals surface area contributed by atoms with Gasteiger partial charge in [-0.1, -0.05) is 6.07 Å². The molecule has 2 fully saturated rings. The van der Waals surface area contributed by atoms with Crippen LogP contribution in [0.3, 0.4) is 0 Å². The summed E-state index contributed by atoms with van der Waals surface area (Å²) in [5.41, 5.74) is 1.14. The van der Waals surface area contributed by atoms with E-state index < -0.39 is 0 Å². The first-order valence-corrected chi connectivity index (χ1v) is 7.37. The molecule has 21 heavy (non-hydrogen) atoms. The van der Waals surface area contributed by atoms with Gasteiger partial charge in [0.15, 0.2) is 11.5 Å². The third kappa shape index (κ3) is 3.44.